The number of carbonyl (C=O) groups excluding carboxylic acids is 1. The van der Waals surface area contributed by atoms with Gasteiger partial charge in [-0.2, -0.15) is 5.10 Å². The van der Waals surface area contributed by atoms with Crippen LogP contribution >= 0.6 is 0 Å². The van der Waals surface area contributed by atoms with Crippen LogP contribution in [-0.4, -0.2) is 39.4 Å². The fraction of sp³-hybridized carbons (Fsp3) is 0.409. The number of halogens is 3. The average Bonchev–Trinajstić information content (AvgIpc) is 3.05. The number of nitrogens with zero attached hydrogens (tertiary/aromatic N) is 4. The van der Waals surface area contributed by atoms with Gasteiger partial charge in [0.1, 0.15) is 12.5 Å². The molecule has 0 spiro atoms. The number of carbonyl (C=O) groups is 1. The van der Waals surface area contributed by atoms with Crippen molar-refractivity contribution in [3.8, 4) is 11.3 Å². The van der Waals surface area contributed by atoms with Gasteiger partial charge >= 0.3 is 0 Å². The molecule has 2 aromatic rings. The summed E-state index contributed by atoms with van der Waals surface area (Å²) in [4.78, 5) is 18.5. The molecular formula is C22H25F3N4O. The Hall–Kier alpha value is -2.74. The van der Waals surface area contributed by atoms with Crippen LogP contribution in [0.4, 0.5) is 13.2 Å². The van der Waals surface area contributed by atoms with Crippen LogP contribution in [0.1, 0.15) is 44.5 Å². The maximum atomic E-state index is 13.9. The van der Waals surface area contributed by atoms with Crippen molar-refractivity contribution in [3.63, 3.8) is 0 Å². The quantitative estimate of drug-likeness (QED) is 0.398. The summed E-state index contributed by atoms with van der Waals surface area (Å²) in [5.41, 5.74) is 2.16. The standard InChI is InChI=1S/C22H25F3N4O/c1-5-7-8-26-13(3)29-15(12-30)11-16-21(19(29)6-2)27-28(4)22(16)14-9-17(23)20(25)18(24)10-14/h5,7-10,12-13,15,19H,6,11H2,1-4H3/b7-5-,26-8?. The number of aryl methyl sites for hydroxylation is 1. The topological polar surface area (TPSA) is 50.5 Å². The van der Waals surface area contributed by atoms with E-state index in [1.165, 1.54) is 0 Å². The van der Waals surface area contributed by atoms with Crippen LogP contribution in [0.25, 0.3) is 11.3 Å². The van der Waals surface area contributed by atoms with Crippen molar-refractivity contribution in [2.75, 3.05) is 0 Å². The van der Waals surface area contributed by atoms with Gasteiger partial charge < -0.3 is 4.79 Å². The van der Waals surface area contributed by atoms with Gasteiger partial charge in [-0.05, 0) is 44.9 Å². The van der Waals surface area contributed by atoms with E-state index in [0.29, 0.717) is 18.5 Å². The fourth-order valence-electron chi connectivity index (χ4n) is 4.20. The number of aliphatic imine (C=N–C) groups is 1. The van der Waals surface area contributed by atoms with Gasteiger partial charge in [0.05, 0.1) is 23.5 Å². The molecular weight excluding hydrogens is 393 g/mol. The number of allylic oxidation sites excluding steroid dienone is 2. The summed E-state index contributed by atoms with van der Waals surface area (Å²) in [6.07, 6.45) is 6.98. The first-order valence-corrected chi connectivity index (χ1v) is 9.91. The van der Waals surface area contributed by atoms with Crippen LogP contribution in [0.15, 0.2) is 29.3 Å². The second-order valence-corrected chi connectivity index (χ2v) is 7.32. The first-order valence-electron chi connectivity index (χ1n) is 9.91. The van der Waals surface area contributed by atoms with Crippen LogP contribution in [0.3, 0.4) is 0 Å². The van der Waals surface area contributed by atoms with Crippen molar-refractivity contribution in [2.24, 2.45) is 12.0 Å². The lowest BCUT2D eigenvalue weighted by molar-refractivity contribution is -0.115. The summed E-state index contributed by atoms with van der Waals surface area (Å²) in [5.74, 6) is -4.03. The molecule has 3 unspecified atom stereocenters. The molecule has 1 aromatic heterocycles. The van der Waals surface area contributed by atoms with Gasteiger partial charge in [0, 0.05) is 24.4 Å². The third kappa shape index (κ3) is 3.84. The third-order valence-electron chi connectivity index (χ3n) is 5.46. The average molecular weight is 418 g/mol. The van der Waals surface area contributed by atoms with Crippen molar-refractivity contribution in [2.45, 2.75) is 51.9 Å². The van der Waals surface area contributed by atoms with Crippen LogP contribution in [0.5, 0.6) is 0 Å². The molecule has 0 aliphatic carbocycles. The molecule has 0 saturated heterocycles. The van der Waals surface area contributed by atoms with Crippen LogP contribution in [0.2, 0.25) is 0 Å². The van der Waals surface area contributed by atoms with Gasteiger partial charge in [-0.1, -0.05) is 13.0 Å². The molecule has 0 saturated carbocycles. The van der Waals surface area contributed by atoms with Gasteiger partial charge in [0.25, 0.3) is 0 Å². The molecule has 0 bridgehead atoms. The van der Waals surface area contributed by atoms with E-state index in [4.69, 9.17) is 0 Å². The minimum absolute atomic E-state index is 0.190. The van der Waals surface area contributed by atoms with Gasteiger partial charge in [0.15, 0.2) is 17.5 Å². The molecule has 3 rings (SSSR count). The van der Waals surface area contributed by atoms with Crippen molar-refractivity contribution in [1.82, 2.24) is 14.7 Å². The fourth-order valence-corrected chi connectivity index (χ4v) is 4.20. The maximum Gasteiger partial charge on any atom is 0.194 e. The van der Waals surface area contributed by atoms with Gasteiger partial charge in [0.2, 0.25) is 0 Å². The molecule has 0 amide bonds. The number of hydrogen-bond acceptors (Lipinski definition) is 4. The van der Waals surface area contributed by atoms with Crippen molar-refractivity contribution in [1.29, 1.82) is 0 Å². The highest BCUT2D eigenvalue weighted by Gasteiger charge is 2.40. The lowest BCUT2D eigenvalue weighted by Crippen LogP contribution is -2.48. The molecule has 3 atom stereocenters. The predicted molar refractivity (Wildman–Crippen MR) is 110 cm³/mol. The minimum atomic E-state index is -1.51. The van der Waals surface area contributed by atoms with E-state index >= 15 is 0 Å². The van der Waals surface area contributed by atoms with E-state index < -0.39 is 23.5 Å². The monoisotopic (exact) mass is 418 g/mol. The zero-order valence-electron chi connectivity index (χ0n) is 17.4. The number of aromatic nitrogens is 2. The first-order chi connectivity index (χ1) is 14.3. The summed E-state index contributed by atoms with van der Waals surface area (Å²) in [7, 11) is 1.67. The van der Waals surface area contributed by atoms with Crippen LogP contribution < -0.4 is 0 Å². The van der Waals surface area contributed by atoms with E-state index in [1.807, 2.05) is 37.8 Å². The lowest BCUT2D eigenvalue weighted by atomic mass is 9.89. The zero-order chi connectivity index (χ0) is 22.0. The SMILES string of the molecule is C/C=C\C=NC(C)N1C(C=O)Cc2c(nn(C)c2-c2cc(F)c(F)c(F)c2)C1CC. The smallest absolute Gasteiger partial charge is 0.194 e. The van der Waals surface area contributed by atoms with Gasteiger partial charge in [-0.25, -0.2) is 13.2 Å². The Morgan fingerprint density at radius 3 is 2.53 bits per heavy atom. The van der Waals surface area contributed by atoms with Crippen molar-refractivity contribution in [3.05, 3.63) is 53.0 Å². The lowest BCUT2D eigenvalue weighted by Gasteiger charge is -2.41. The molecule has 0 fully saturated rings. The van der Waals surface area contributed by atoms with E-state index in [9.17, 15) is 18.0 Å². The minimum Gasteiger partial charge on any atom is -0.302 e. The van der Waals surface area contributed by atoms with E-state index in [2.05, 4.69) is 10.1 Å². The van der Waals surface area contributed by atoms with Crippen LogP contribution in [-0.2, 0) is 18.3 Å². The Bertz CT molecular complexity index is 976. The molecule has 1 aliphatic heterocycles. The summed E-state index contributed by atoms with van der Waals surface area (Å²) in [6.45, 7) is 5.80. The summed E-state index contributed by atoms with van der Waals surface area (Å²) < 4.78 is 42.7. The molecule has 0 N–H and O–H groups in total. The Labute approximate surface area is 173 Å². The molecule has 0 radical (unpaired) electrons. The number of fused-ring (bicyclic) bond motifs is 1. The number of hydrogen-bond donors (Lipinski definition) is 0. The van der Waals surface area contributed by atoms with E-state index in [1.54, 1.807) is 17.9 Å². The highest BCUT2D eigenvalue weighted by molar-refractivity contribution is 5.71. The Morgan fingerprint density at radius 2 is 1.97 bits per heavy atom. The Balaban J connectivity index is 2.12. The van der Waals surface area contributed by atoms with Gasteiger partial charge in [-0.15, -0.1) is 0 Å². The van der Waals surface area contributed by atoms with Crippen molar-refractivity contribution < 1.29 is 18.0 Å². The predicted octanol–water partition coefficient (Wildman–Crippen LogP) is 4.37. The maximum absolute atomic E-state index is 13.9. The normalized spacial score (nSPS) is 20.8. The second-order valence-electron chi connectivity index (χ2n) is 7.32. The number of rotatable bonds is 6. The van der Waals surface area contributed by atoms with Gasteiger partial charge in [-0.3, -0.25) is 14.6 Å². The van der Waals surface area contributed by atoms with E-state index in [-0.39, 0.29) is 17.8 Å². The van der Waals surface area contributed by atoms with Crippen LogP contribution in [0, 0.1) is 17.5 Å². The Morgan fingerprint density at radius 1 is 1.30 bits per heavy atom. The third-order valence-corrected chi connectivity index (χ3v) is 5.46. The second kappa shape index (κ2) is 8.95. The molecule has 30 heavy (non-hydrogen) atoms. The zero-order valence-corrected chi connectivity index (χ0v) is 17.4. The summed E-state index contributed by atoms with van der Waals surface area (Å²) in [5, 5.41) is 4.61. The molecule has 2 heterocycles. The molecule has 8 heteroatoms. The highest BCUT2D eigenvalue weighted by Crippen LogP contribution is 2.40. The first kappa shape index (κ1) is 22.0. The molecule has 5 nitrogen and oxygen atoms in total. The molecule has 1 aliphatic rings. The number of aldehydes is 1. The Kier molecular flexibility index (Phi) is 6.55. The summed E-state index contributed by atoms with van der Waals surface area (Å²) in [6, 6.07) is 1.25. The largest absolute Gasteiger partial charge is 0.302 e. The molecule has 1 aromatic carbocycles. The number of benzene rings is 1. The summed E-state index contributed by atoms with van der Waals surface area (Å²) >= 11 is 0. The molecule has 160 valence electrons. The van der Waals surface area contributed by atoms with Crippen molar-refractivity contribution >= 4 is 12.5 Å². The van der Waals surface area contributed by atoms with E-state index in [0.717, 1.165) is 29.7 Å². The highest BCUT2D eigenvalue weighted by atomic mass is 19.2.